The Morgan fingerprint density at radius 1 is 1.21 bits per heavy atom. The standard InChI is InChI=1S/C21H27N3O4/c1-12-5-18-19(13(2)28-12)22-23-20(18)21(25)24-10-15(11-24)6-14-7-16(26-3)9-17(8-14)27-4/h7-9,12-13,15H,5-6,10-11H2,1-4H3,(H,22,23)/t12-,13+/m0/s1. The van der Waals surface area contributed by atoms with Crippen molar-refractivity contribution in [1.82, 2.24) is 15.1 Å². The molecule has 150 valence electrons. The second kappa shape index (κ2) is 7.47. The molecule has 1 aromatic heterocycles. The van der Waals surface area contributed by atoms with Crippen molar-refractivity contribution in [2.24, 2.45) is 5.92 Å². The van der Waals surface area contributed by atoms with Gasteiger partial charge in [-0.1, -0.05) is 0 Å². The van der Waals surface area contributed by atoms with Crippen LogP contribution in [0.1, 0.15) is 47.3 Å². The Labute approximate surface area is 165 Å². The summed E-state index contributed by atoms with van der Waals surface area (Å²) >= 11 is 0. The van der Waals surface area contributed by atoms with Crippen molar-refractivity contribution < 1.29 is 19.0 Å². The highest BCUT2D eigenvalue weighted by atomic mass is 16.5. The lowest BCUT2D eigenvalue weighted by molar-refractivity contribution is -0.00709. The van der Waals surface area contributed by atoms with E-state index in [2.05, 4.69) is 10.2 Å². The zero-order valence-corrected chi connectivity index (χ0v) is 16.8. The van der Waals surface area contributed by atoms with Crippen molar-refractivity contribution >= 4 is 5.91 Å². The first-order valence-corrected chi connectivity index (χ1v) is 9.72. The molecule has 0 spiro atoms. The number of ether oxygens (including phenoxy) is 3. The Hall–Kier alpha value is -2.54. The maximum atomic E-state index is 12.9. The number of likely N-dealkylation sites (tertiary alicyclic amines) is 1. The van der Waals surface area contributed by atoms with E-state index in [0.29, 0.717) is 11.6 Å². The van der Waals surface area contributed by atoms with Gasteiger partial charge in [0.25, 0.3) is 5.91 Å². The van der Waals surface area contributed by atoms with Crippen LogP contribution in [-0.2, 0) is 17.6 Å². The quantitative estimate of drug-likeness (QED) is 0.856. The van der Waals surface area contributed by atoms with Gasteiger partial charge in [-0.15, -0.1) is 0 Å². The number of amides is 1. The maximum Gasteiger partial charge on any atom is 0.274 e. The average Bonchev–Trinajstić information content (AvgIpc) is 3.07. The number of H-pyrrole nitrogens is 1. The largest absolute Gasteiger partial charge is 0.497 e. The van der Waals surface area contributed by atoms with Gasteiger partial charge in [0.1, 0.15) is 11.5 Å². The van der Waals surface area contributed by atoms with Gasteiger partial charge in [-0.25, -0.2) is 0 Å². The number of nitrogens with zero attached hydrogens (tertiary/aromatic N) is 2. The lowest BCUT2D eigenvalue weighted by atomic mass is 9.91. The SMILES string of the molecule is COc1cc(CC2CN(C(=O)c3n[nH]c4c3C[C@H](C)O[C@@H]4C)C2)cc(OC)c1. The second-order valence-corrected chi connectivity index (χ2v) is 7.76. The van der Waals surface area contributed by atoms with Crippen molar-refractivity contribution in [2.45, 2.75) is 38.9 Å². The summed E-state index contributed by atoms with van der Waals surface area (Å²) in [6.07, 6.45) is 1.65. The van der Waals surface area contributed by atoms with Gasteiger partial charge in [0.2, 0.25) is 0 Å². The maximum absolute atomic E-state index is 12.9. The van der Waals surface area contributed by atoms with Gasteiger partial charge in [0.05, 0.1) is 32.1 Å². The molecule has 0 unspecified atom stereocenters. The number of carbonyl (C=O) groups is 1. The molecule has 1 N–H and O–H groups in total. The molecule has 2 atom stereocenters. The molecule has 0 aliphatic carbocycles. The van der Waals surface area contributed by atoms with Crippen LogP contribution in [0.4, 0.5) is 0 Å². The third-order valence-electron chi connectivity index (χ3n) is 5.62. The van der Waals surface area contributed by atoms with Crippen LogP contribution in [0.5, 0.6) is 11.5 Å². The van der Waals surface area contributed by atoms with Crippen LogP contribution in [0, 0.1) is 5.92 Å². The van der Waals surface area contributed by atoms with Gasteiger partial charge in [0.15, 0.2) is 5.69 Å². The molecule has 4 rings (SSSR count). The first-order chi connectivity index (χ1) is 13.5. The number of hydrogen-bond donors (Lipinski definition) is 1. The number of fused-ring (bicyclic) bond motifs is 1. The summed E-state index contributed by atoms with van der Waals surface area (Å²) in [4.78, 5) is 14.8. The van der Waals surface area contributed by atoms with E-state index in [9.17, 15) is 4.79 Å². The van der Waals surface area contributed by atoms with Crippen LogP contribution in [0.15, 0.2) is 18.2 Å². The van der Waals surface area contributed by atoms with E-state index >= 15 is 0 Å². The van der Waals surface area contributed by atoms with Crippen molar-refractivity contribution in [1.29, 1.82) is 0 Å². The lowest BCUT2D eigenvalue weighted by Crippen LogP contribution is -2.51. The molecule has 28 heavy (non-hydrogen) atoms. The van der Waals surface area contributed by atoms with E-state index < -0.39 is 0 Å². The predicted octanol–water partition coefficient (Wildman–Crippen LogP) is 2.76. The molecule has 2 aromatic rings. The van der Waals surface area contributed by atoms with Gasteiger partial charge in [-0.05, 0) is 43.9 Å². The van der Waals surface area contributed by atoms with E-state index in [0.717, 1.165) is 54.3 Å². The summed E-state index contributed by atoms with van der Waals surface area (Å²) in [6.45, 7) is 5.50. The van der Waals surface area contributed by atoms with Crippen molar-refractivity contribution in [3.63, 3.8) is 0 Å². The fourth-order valence-electron chi connectivity index (χ4n) is 4.18. The van der Waals surface area contributed by atoms with Crippen LogP contribution in [-0.4, -0.2) is 54.4 Å². The Morgan fingerprint density at radius 3 is 2.54 bits per heavy atom. The molecule has 1 amide bonds. The first kappa shape index (κ1) is 18.8. The van der Waals surface area contributed by atoms with Gasteiger partial charge >= 0.3 is 0 Å². The molecule has 7 nitrogen and oxygen atoms in total. The summed E-state index contributed by atoms with van der Waals surface area (Å²) in [5.41, 5.74) is 3.66. The molecule has 0 radical (unpaired) electrons. The number of aromatic amines is 1. The number of rotatable bonds is 5. The number of benzene rings is 1. The lowest BCUT2D eigenvalue weighted by Gasteiger charge is -2.39. The number of hydrogen-bond acceptors (Lipinski definition) is 5. The van der Waals surface area contributed by atoms with Crippen LogP contribution >= 0.6 is 0 Å². The smallest absolute Gasteiger partial charge is 0.274 e. The molecule has 2 aliphatic rings. The average molecular weight is 385 g/mol. The highest BCUT2D eigenvalue weighted by Crippen LogP contribution is 2.32. The number of nitrogens with one attached hydrogen (secondary N) is 1. The summed E-state index contributed by atoms with van der Waals surface area (Å²) in [7, 11) is 3.30. The first-order valence-electron chi connectivity index (χ1n) is 9.72. The molecule has 3 heterocycles. The summed E-state index contributed by atoms with van der Waals surface area (Å²) < 4.78 is 16.5. The summed E-state index contributed by atoms with van der Waals surface area (Å²) in [5, 5.41) is 7.32. The zero-order chi connectivity index (χ0) is 19.8. The minimum absolute atomic E-state index is 0.0123. The van der Waals surface area contributed by atoms with E-state index in [4.69, 9.17) is 14.2 Å². The van der Waals surface area contributed by atoms with Crippen molar-refractivity contribution in [2.75, 3.05) is 27.3 Å². The van der Waals surface area contributed by atoms with Gasteiger partial charge in [-0.3, -0.25) is 9.89 Å². The molecule has 0 saturated carbocycles. The zero-order valence-electron chi connectivity index (χ0n) is 16.8. The molecule has 1 fully saturated rings. The molecular formula is C21H27N3O4. The van der Waals surface area contributed by atoms with E-state index in [1.165, 1.54) is 0 Å². The Bertz CT molecular complexity index is 850. The Balaban J connectivity index is 1.40. The molecule has 0 bridgehead atoms. The van der Waals surface area contributed by atoms with E-state index in [1.807, 2.05) is 36.9 Å². The number of methoxy groups -OCH3 is 2. The predicted molar refractivity (Wildman–Crippen MR) is 104 cm³/mol. The highest BCUT2D eigenvalue weighted by Gasteiger charge is 2.36. The Morgan fingerprint density at radius 2 is 1.89 bits per heavy atom. The highest BCUT2D eigenvalue weighted by molar-refractivity contribution is 5.94. The van der Waals surface area contributed by atoms with Gasteiger partial charge in [0, 0.05) is 31.1 Å². The second-order valence-electron chi connectivity index (χ2n) is 7.76. The Kier molecular flexibility index (Phi) is 5.02. The monoisotopic (exact) mass is 385 g/mol. The topological polar surface area (TPSA) is 76.7 Å². The van der Waals surface area contributed by atoms with E-state index in [-0.39, 0.29) is 18.1 Å². The minimum atomic E-state index is -0.0556. The van der Waals surface area contributed by atoms with Crippen LogP contribution < -0.4 is 9.47 Å². The minimum Gasteiger partial charge on any atom is -0.497 e. The third-order valence-corrected chi connectivity index (χ3v) is 5.62. The van der Waals surface area contributed by atoms with Gasteiger partial charge in [-0.2, -0.15) is 5.10 Å². The number of aromatic nitrogens is 2. The van der Waals surface area contributed by atoms with E-state index in [1.54, 1.807) is 14.2 Å². The van der Waals surface area contributed by atoms with Crippen molar-refractivity contribution in [3.05, 3.63) is 40.7 Å². The summed E-state index contributed by atoms with van der Waals surface area (Å²) in [5.74, 6) is 2.01. The molecule has 1 aromatic carbocycles. The van der Waals surface area contributed by atoms with Gasteiger partial charge < -0.3 is 19.1 Å². The van der Waals surface area contributed by atoms with Crippen LogP contribution in [0.2, 0.25) is 0 Å². The number of carbonyl (C=O) groups excluding carboxylic acids is 1. The molecule has 2 aliphatic heterocycles. The normalized spacial score (nSPS) is 21.8. The van der Waals surface area contributed by atoms with Crippen LogP contribution in [0.25, 0.3) is 0 Å². The van der Waals surface area contributed by atoms with Crippen molar-refractivity contribution in [3.8, 4) is 11.5 Å². The van der Waals surface area contributed by atoms with Crippen LogP contribution in [0.3, 0.4) is 0 Å². The fraction of sp³-hybridized carbons (Fsp3) is 0.524. The molecule has 7 heteroatoms. The third kappa shape index (κ3) is 3.46. The summed E-state index contributed by atoms with van der Waals surface area (Å²) in [6, 6.07) is 5.92. The molecule has 1 saturated heterocycles. The molecular weight excluding hydrogens is 358 g/mol. The fourth-order valence-corrected chi connectivity index (χ4v) is 4.18.